The van der Waals surface area contributed by atoms with E-state index in [0.29, 0.717) is 6.61 Å². The van der Waals surface area contributed by atoms with Crippen LogP contribution in [0.1, 0.15) is 25.7 Å². The summed E-state index contributed by atoms with van der Waals surface area (Å²) in [5.41, 5.74) is 0. The van der Waals surface area contributed by atoms with Crippen molar-refractivity contribution in [2.45, 2.75) is 44.1 Å². The van der Waals surface area contributed by atoms with E-state index < -0.39 is 24.7 Å². The summed E-state index contributed by atoms with van der Waals surface area (Å²) in [6, 6.07) is 0. The van der Waals surface area contributed by atoms with Gasteiger partial charge in [-0.1, -0.05) is 0 Å². The quantitative estimate of drug-likeness (QED) is 0.787. The fourth-order valence-corrected chi connectivity index (χ4v) is 1.57. The Labute approximate surface area is 97.1 Å². The molecule has 7 heteroatoms. The Balaban J connectivity index is 2.20. The van der Waals surface area contributed by atoms with E-state index in [2.05, 4.69) is 0 Å². The number of halogens is 3. The highest BCUT2D eigenvalue weighted by atomic mass is 19.4. The lowest BCUT2D eigenvalue weighted by molar-refractivity contribution is -0.201. The number of aliphatic hydroxyl groups is 1. The van der Waals surface area contributed by atoms with Gasteiger partial charge < -0.3 is 15.2 Å². The third-order valence-electron chi connectivity index (χ3n) is 2.56. The first-order valence-electron chi connectivity index (χ1n) is 5.52. The molecule has 0 bridgehead atoms. The van der Waals surface area contributed by atoms with Crippen molar-refractivity contribution in [2.24, 2.45) is 0 Å². The van der Waals surface area contributed by atoms with Gasteiger partial charge in [0.15, 0.2) is 6.10 Å². The topological polar surface area (TPSA) is 58.6 Å². The van der Waals surface area contributed by atoms with Gasteiger partial charge in [0.2, 0.25) is 5.91 Å². The van der Waals surface area contributed by atoms with Crippen LogP contribution in [0.2, 0.25) is 0 Å². The monoisotopic (exact) mass is 255 g/mol. The molecule has 1 aliphatic heterocycles. The van der Waals surface area contributed by atoms with Crippen LogP contribution in [0, 0.1) is 0 Å². The van der Waals surface area contributed by atoms with Crippen molar-refractivity contribution in [3.8, 4) is 0 Å². The van der Waals surface area contributed by atoms with Gasteiger partial charge in [-0.2, -0.15) is 13.2 Å². The molecule has 0 aromatic carbocycles. The Morgan fingerprint density at radius 1 is 1.47 bits per heavy atom. The van der Waals surface area contributed by atoms with Crippen LogP contribution in [0.25, 0.3) is 0 Å². The summed E-state index contributed by atoms with van der Waals surface area (Å²) in [4.78, 5) is 11.3. The molecule has 1 heterocycles. The molecule has 0 radical (unpaired) electrons. The van der Waals surface area contributed by atoms with E-state index in [1.807, 2.05) is 5.32 Å². The zero-order valence-electron chi connectivity index (χ0n) is 9.29. The molecule has 2 atom stereocenters. The maximum Gasteiger partial charge on any atom is 0.416 e. The Morgan fingerprint density at radius 2 is 2.18 bits per heavy atom. The summed E-state index contributed by atoms with van der Waals surface area (Å²) in [6.07, 6.45) is -4.73. The minimum atomic E-state index is -4.70. The average Bonchev–Trinajstić information content (AvgIpc) is 2.26. The lowest BCUT2D eigenvalue weighted by Gasteiger charge is -2.22. The third kappa shape index (κ3) is 5.36. The third-order valence-corrected chi connectivity index (χ3v) is 2.56. The van der Waals surface area contributed by atoms with Crippen LogP contribution in [0.5, 0.6) is 0 Å². The highest BCUT2D eigenvalue weighted by molar-refractivity contribution is 5.76. The van der Waals surface area contributed by atoms with Gasteiger partial charge in [0.05, 0.1) is 19.1 Å². The normalized spacial score (nSPS) is 23.2. The minimum Gasteiger partial charge on any atom is -0.382 e. The van der Waals surface area contributed by atoms with Crippen molar-refractivity contribution in [1.29, 1.82) is 0 Å². The molecule has 1 saturated heterocycles. The second-order valence-electron chi connectivity index (χ2n) is 4.05. The molecule has 2 unspecified atom stereocenters. The predicted octanol–water partition coefficient (Wildman–Crippen LogP) is 0.985. The predicted molar refractivity (Wildman–Crippen MR) is 53.3 cm³/mol. The molecule has 0 saturated carbocycles. The molecule has 0 aromatic rings. The fraction of sp³-hybridized carbons (Fsp3) is 0.900. The van der Waals surface area contributed by atoms with Crippen molar-refractivity contribution in [3.63, 3.8) is 0 Å². The van der Waals surface area contributed by atoms with E-state index in [1.165, 1.54) is 0 Å². The number of rotatable bonds is 4. The van der Waals surface area contributed by atoms with Crippen LogP contribution in [0.15, 0.2) is 0 Å². The summed E-state index contributed by atoms with van der Waals surface area (Å²) in [5, 5.41) is 10.7. The van der Waals surface area contributed by atoms with Crippen molar-refractivity contribution < 1.29 is 27.8 Å². The van der Waals surface area contributed by atoms with E-state index in [4.69, 9.17) is 9.84 Å². The Morgan fingerprint density at radius 3 is 2.71 bits per heavy atom. The number of carbonyl (C=O) groups excluding carboxylic acids is 1. The van der Waals surface area contributed by atoms with Crippen molar-refractivity contribution in [1.82, 2.24) is 5.32 Å². The molecule has 0 aromatic heterocycles. The number of ether oxygens (including phenoxy) is 1. The molecule has 1 fully saturated rings. The smallest absolute Gasteiger partial charge is 0.382 e. The Kier molecular flexibility index (Phi) is 5.20. The number of aliphatic hydroxyl groups excluding tert-OH is 1. The van der Waals surface area contributed by atoms with Gasteiger partial charge in [-0.05, 0) is 19.3 Å². The molecular formula is C10H16F3NO3. The Hall–Kier alpha value is -0.820. The Bertz CT molecular complexity index is 252. The van der Waals surface area contributed by atoms with E-state index in [-0.39, 0.29) is 12.5 Å². The highest BCUT2D eigenvalue weighted by Crippen LogP contribution is 2.19. The lowest BCUT2D eigenvalue weighted by Crippen LogP contribution is -2.41. The number of hydrogen-bond donors (Lipinski definition) is 2. The van der Waals surface area contributed by atoms with Crippen LogP contribution < -0.4 is 5.32 Å². The first-order valence-corrected chi connectivity index (χ1v) is 5.52. The largest absolute Gasteiger partial charge is 0.416 e. The zero-order valence-corrected chi connectivity index (χ0v) is 9.29. The van der Waals surface area contributed by atoms with Crippen LogP contribution >= 0.6 is 0 Å². The number of hydrogen-bond acceptors (Lipinski definition) is 3. The van der Waals surface area contributed by atoms with Gasteiger partial charge in [0.1, 0.15) is 0 Å². The average molecular weight is 255 g/mol. The molecular weight excluding hydrogens is 239 g/mol. The standard InChI is InChI=1S/C10H16F3NO3/c11-10(12,13)8(15)6-14-9(16)5-7-3-1-2-4-17-7/h7-8,15H,1-6H2,(H,14,16). The molecule has 100 valence electrons. The van der Waals surface area contributed by atoms with Gasteiger partial charge >= 0.3 is 6.18 Å². The van der Waals surface area contributed by atoms with E-state index in [1.54, 1.807) is 0 Å². The summed E-state index contributed by atoms with van der Waals surface area (Å²) in [5.74, 6) is -0.528. The van der Waals surface area contributed by atoms with E-state index in [0.717, 1.165) is 19.3 Å². The van der Waals surface area contributed by atoms with Crippen LogP contribution in [-0.2, 0) is 9.53 Å². The number of nitrogens with one attached hydrogen (secondary N) is 1. The number of alkyl halides is 3. The van der Waals surface area contributed by atoms with Gasteiger partial charge in [-0.25, -0.2) is 0 Å². The van der Waals surface area contributed by atoms with Gasteiger partial charge in [-0.15, -0.1) is 0 Å². The summed E-state index contributed by atoms with van der Waals surface area (Å²) >= 11 is 0. The van der Waals surface area contributed by atoms with E-state index in [9.17, 15) is 18.0 Å². The highest BCUT2D eigenvalue weighted by Gasteiger charge is 2.38. The molecule has 17 heavy (non-hydrogen) atoms. The number of carbonyl (C=O) groups is 1. The lowest BCUT2D eigenvalue weighted by atomic mass is 10.1. The molecule has 1 rings (SSSR count). The summed E-state index contributed by atoms with van der Waals surface area (Å²) in [6.45, 7) is -0.224. The summed E-state index contributed by atoms with van der Waals surface area (Å²) < 4.78 is 41.1. The summed E-state index contributed by atoms with van der Waals surface area (Å²) in [7, 11) is 0. The first-order chi connectivity index (χ1) is 7.89. The molecule has 0 spiro atoms. The van der Waals surface area contributed by atoms with Crippen LogP contribution in [0.3, 0.4) is 0 Å². The van der Waals surface area contributed by atoms with Crippen molar-refractivity contribution >= 4 is 5.91 Å². The van der Waals surface area contributed by atoms with Crippen LogP contribution in [-0.4, -0.2) is 42.5 Å². The number of amides is 1. The maximum absolute atomic E-state index is 11.9. The fourth-order valence-electron chi connectivity index (χ4n) is 1.57. The molecule has 4 nitrogen and oxygen atoms in total. The SMILES string of the molecule is O=C(CC1CCCCO1)NCC(O)C(F)(F)F. The second kappa shape index (κ2) is 6.20. The van der Waals surface area contributed by atoms with Crippen molar-refractivity contribution in [3.05, 3.63) is 0 Å². The second-order valence-corrected chi connectivity index (χ2v) is 4.05. The first kappa shape index (κ1) is 14.2. The minimum absolute atomic E-state index is 0.0462. The molecule has 1 aliphatic rings. The van der Waals surface area contributed by atoms with Gasteiger partial charge in [-0.3, -0.25) is 4.79 Å². The van der Waals surface area contributed by atoms with Gasteiger partial charge in [0.25, 0.3) is 0 Å². The molecule has 2 N–H and O–H groups in total. The molecule has 1 amide bonds. The maximum atomic E-state index is 11.9. The van der Waals surface area contributed by atoms with E-state index >= 15 is 0 Å². The molecule has 0 aliphatic carbocycles. The van der Waals surface area contributed by atoms with Gasteiger partial charge in [0, 0.05) is 6.61 Å². The zero-order chi connectivity index (χ0) is 12.9. The van der Waals surface area contributed by atoms with Crippen LogP contribution in [0.4, 0.5) is 13.2 Å². The van der Waals surface area contributed by atoms with Crippen molar-refractivity contribution in [2.75, 3.05) is 13.2 Å².